The Balaban J connectivity index is 1.68. The number of carbonyl (C=O) groups excluding carboxylic acids is 1. The molecule has 6 heteroatoms. The lowest BCUT2D eigenvalue weighted by atomic mass is 10.1. The molecule has 0 radical (unpaired) electrons. The molecule has 1 aliphatic rings. The largest absolute Gasteiger partial charge is 0.488 e. The predicted molar refractivity (Wildman–Crippen MR) is 70.7 cm³/mol. The monoisotopic (exact) mass is 273 g/mol. The quantitative estimate of drug-likeness (QED) is 0.790. The molecule has 0 saturated carbocycles. The third-order valence-electron chi connectivity index (χ3n) is 3.28. The molecule has 3 rings (SSSR count). The lowest BCUT2D eigenvalue weighted by Gasteiger charge is -2.09. The third-order valence-corrected chi connectivity index (χ3v) is 3.28. The normalized spacial score (nSPS) is 16.6. The molecule has 104 valence electrons. The van der Waals surface area contributed by atoms with Gasteiger partial charge in [0.25, 0.3) is 0 Å². The molecule has 20 heavy (non-hydrogen) atoms. The maximum absolute atomic E-state index is 11.3. The SMILES string of the molecule is COC(=O)c1cn(CC2Cc3cc(C)ccc3O2)nn1. The molecule has 1 unspecified atom stereocenters. The number of fused-ring (bicyclic) bond motifs is 1. The highest BCUT2D eigenvalue weighted by Crippen LogP contribution is 2.29. The summed E-state index contributed by atoms with van der Waals surface area (Å²) in [6, 6.07) is 6.16. The molecule has 0 fully saturated rings. The summed E-state index contributed by atoms with van der Waals surface area (Å²) in [6.45, 7) is 2.62. The topological polar surface area (TPSA) is 66.2 Å². The van der Waals surface area contributed by atoms with Gasteiger partial charge in [-0.2, -0.15) is 0 Å². The van der Waals surface area contributed by atoms with Crippen LogP contribution in [-0.4, -0.2) is 34.2 Å². The highest BCUT2D eigenvalue weighted by atomic mass is 16.5. The predicted octanol–water partition coefficient (Wildman–Crippen LogP) is 1.38. The van der Waals surface area contributed by atoms with Crippen molar-refractivity contribution in [3.05, 3.63) is 41.2 Å². The molecule has 6 nitrogen and oxygen atoms in total. The van der Waals surface area contributed by atoms with Crippen LogP contribution in [0.25, 0.3) is 0 Å². The number of aryl methyl sites for hydroxylation is 1. The van der Waals surface area contributed by atoms with Crippen molar-refractivity contribution >= 4 is 5.97 Å². The first kappa shape index (κ1) is 12.7. The van der Waals surface area contributed by atoms with E-state index in [0.29, 0.717) is 6.54 Å². The summed E-state index contributed by atoms with van der Waals surface area (Å²) in [7, 11) is 1.32. The van der Waals surface area contributed by atoms with E-state index in [9.17, 15) is 4.79 Å². The van der Waals surface area contributed by atoms with E-state index in [0.717, 1.165) is 12.2 Å². The number of aromatic nitrogens is 3. The highest BCUT2D eigenvalue weighted by Gasteiger charge is 2.24. The number of esters is 1. The van der Waals surface area contributed by atoms with E-state index in [-0.39, 0.29) is 11.8 Å². The van der Waals surface area contributed by atoms with Crippen LogP contribution in [0.1, 0.15) is 21.6 Å². The summed E-state index contributed by atoms with van der Waals surface area (Å²) < 4.78 is 12.1. The second-order valence-electron chi connectivity index (χ2n) is 4.87. The molecule has 0 aliphatic carbocycles. The van der Waals surface area contributed by atoms with Crippen molar-refractivity contribution in [2.24, 2.45) is 0 Å². The Morgan fingerprint density at radius 1 is 1.55 bits per heavy atom. The van der Waals surface area contributed by atoms with E-state index < -0.39 is 5.97 Å². The van der Waals surface area contributed by atoms with Crippen LogP contribution in [0.5, 0.6) is 5.75 Å². The minimum atomic E-state index is -0.484. The van der Waals surface area contributed by atoms with Crippen molar-refractivity contribution in [1.82, 2.24) is 15.0 Å². The van der Waals surface area contributed by atoms with Crippen LogP contribution in [0.4, 0.5) is 0 Å². The molecule has 0 saturated heterocycles. The molecule has 1 atom stereocenters. The van der Waals surface area contributed by atoms with E-state index in [1.807, 2.05) is 12.1 Å². The zero-order valence-corrected chi connectivity index (χ0v) is 11.4. The smallest absolute Gasteiger partial charge is 0.360 e. The maximum atomic E-state index is 11.3. The van der Waals surface area contributed by atoms with Crippen molar-refractivity contribution in [3.8, 4) is 5.75 Å². The molecule has 1 aromatic heterocycles. The van der Waals surface area contributed by atoms with E-state index in [4.69, 9.17) is 4.74 Å². The second-order valence-corrected chi connectivity index (χ2v) is 4.87. The van der Waals surface area contributed by atoms with Crippen LogP contribution in [0.2, 0.25) is 0 Å². The molecule has 0 N–H and O–H groups in total. The average Bonchev–Trinajstić information content (AvgIpc) is 3.04. The fourth-order valence-corrected chi connectivity index (χ4v) is 2.35. The Hall–Kier alpha value is -2.37. The Kier molecular flexibility index (Phi) is 3.14. The molecule has 1 aliphatic heterocycles. The minimum Gasteiger partial charge on any atom is -0.488 e. The van der Waals surface area contributed by atoms with E-state index in [1.54, 1.807) is 10.9 Å². The lowest BCUT2D eigenvalue weighted by Crippen LogP contribution is -2.21. The van der Waals surface area contributed by atoms with Crippen LogP contribution >= 0.6 is 0 Å². The van der Waals surface area contributed by atoms with Gasteiger partial charge < -0.3 is 9.47 Å². The number of carbonyl (C=O) groups is 1. The van der Waals surface area contributed by atoms with E-state index in [2.05, 4.69) is 28.0 Å². The van der Waals surface area contributed by atoms with Crippen LogP contribution in [0, 0.1) is 6.92 Å². The van der Waals surface area contributed by atoms with Gasteiger partial charge in [0, 0.05) is 6.42 Å². The standard InChI is InChI=1S/C14H15N3O3/c1-9-3-4-13-10(5-9)6-11(20-13)7-17-8-12(15-16-17)14(18)19-2/h3-5,8,11H,6-7H2,1-2H3. The molecule has 1 aromatic carbocycles. The maximum Gasteiger partial charge on any atom is 0.360 e. The fourth-order valence-electron chi connectivity index (χ4n) is 2.35. The Labute approximate surface area is 116 Å². The molecular formula is C14H15N3O3. The Morgan fingerprint density at radius 2 is 2.40 bits per heavy atom. The molecule has 0 bridgehead atoms. The second kappa shape index (κ2) is 4.96. The highest BCUT2D eigenvalue weighted by molar-refractivity contribution is 5.86. The Bertz CT molecular complexity index is 651. The first-order valence-electron chi connectivity index (χ1n) is 6.40. The molecule has 0 amide bonds. The van der Waals surface area contributed by atoms with Gasteiger partial charge in [-0.1, -0.05) is 22.9 Å². The summed E-state index contributed by atoms with van der Waals surface area (Å²) >= 11 is 0. The summed E-state index contributed by atoms with van der Waals surface area (Å²) in [5.41, 5.74) is 2.64. The van der Waals surface area contributed by atoms with Gasteiger partial charge >= 0.3 is 5.97 Å². The molecule has 2 heterocycles. The van der Waals surface area contributed by atoms with Gasteiger partial charge in [-0.05, 0) is 18.6 Å². The first-order chi connectivity index (χ1) is 9.65. The number of hydrogen-bond acceptors (Lipinski definition) is 5. The third kappa shape index (κ3) is 2.36. The number of ether oxygens (including phenoxy) is 2. The first-order valence-corrected chi connectivity index (χ1v) is 6.40. The van der Waals surface area contributed by atoms with Crippen molar-refractivity contribution in [2.75, 3.05) is 7.11 Å². The fraction of sp³-hybridized carbons (Fsp3) is 0.357. The van der Waals surface area contributed by atoms with Gasteiger partial charge in [0.05, 0.1) is 19.9 Å². The average molecular weight is 273 g/mol. The van der Waals surface area contributed by atoms with Crippen molar-refractivity contribution in [1.29, 1.82) is 0 Å². The van der Waals surface area contributed by atoms with Crippen molar-refractivity contribution in [3.63, 3.8) is 0 Å². The van der Waals surface area contributed by atoms with Crippen LogP contribution in [0.3, 0.4) is 0 Å². The van der Waals surface area contributed by atoms with Gasteiger partial charge in [-0.15, -0.1) is 5.10 Å². The number of benzene rings is 1. The van der Waals surface area contributed by atoms with Gasteiger partial charge in [0.2, 0.25) is 0 Å². The number of hydrogen-bond donors (Lipinski definition) is 0. The van der Waals surface area contributed by atoms with Gasteiger partial charge in [-0.25, -0.2) is 9.48 Å². The van der Waals surface area contributed by atoms with Gasteiger partial charge in [-0.3, -0.25) is 0 Å². The summed E-state index contributed by atoms with van der Waals surface area (Å²) in [5.74, 6) is 0.441. The zero-order valence-electron chi connectivity index (χ0n) is 11.4. The Morgan fingerprint density at radius 3 is 3.20 bits per heavy atom. The van der Waals surface area contributed by atoms with E-state index >= 15 is 0 Å². The van der Waals surface area contributed by atoms with Crippen LogP contribution in [0.15, 0.2) is 24.4 Å². The molecule has 0 spiro atoms. The lowest BCUT2D eigenvalue weighted by molar-refractivity contribution is 0.0594. The van der Waals surface area contributed by atoms with Crippen molar-refractivity contribution in [2.45, 2.75) is 26.0 Å². The summed E-state index contributed by atoms with van der Waals surface area (Å²) in [4.78, 5) is 11.3. The number of methoxy groups -OCH3 is 1. The minimum absolute atomic E-state index is 0.0130. The van der Waals surface area contributed by atoms with Gasteiger partial charge in [0.15, 0.2) is 5.69 Å². The number of nitrogens with zero attached hydrogens (tertiary/aromatic N) is 3. The number of rotatable bonds is 3. The van der Waals surface area contributed by atoms with Crippen LogP contribution < -0.4 is 4.74 Å². The molecular weight excluding hydrogens is 258 g/mol. The molecule has 2 aromatic rings. The summed E-state index contributed by atoms with van der Waals surface area (Å²) in [6.07, 6.45) is 2.42. The van der Waals surface area contributed by atoms with Crippen LogP contribution in [-0.2, 0) is 17.7 Å². The van der Waals surface area contributed by atoms with Crippen molar-refractivity contribution < 1.29 is 14.3 Å². The summed E-state index contributed by atoms with van der Waals surface area (Å²) in [5, 5.41) is 7.69. The van der Waals surface area contributed by atoms with E-state index in [1.165, 1.54) is 18.2 Å². The van der Waals surface area contributed by atoms with Gasteiger partial charge in [0.1, 0.15) is 11.9 Å². The zero-order chi connectivity index (χ0) is 14.1.